The van der Waals surface area contributed by atoms with Gasteiger partial charge < -0.3 is 0 Å². The van der Waals surface area contributed by atoms with Crippen LogP contribution in [0.1, 0.15) is 24.3 Å². The Morgan fingerprint density at radius 3 is 2.78 bits per heavy atom. The molecule has 0 amide bonds. The molecule has 1 heteroatoms. The lowest BCUT2D eigenvalue weighted by atomic mass is 10.0. The maximum Gasteiger partial charge on any atom is 0.0352 e. The number of hydrogen-bond donors (Lipinski definition) is 0. The van der Waals surface area contributed by atoms with Gasteiger partial charge in [-0.3, -0.25) is 0 Å². The molecule has 0 aliphatic rings. The molecular weight excluding hydrogens is 236 g/mol. The molecule has 92 valence electrons. The average molecular weight is 254 g/mol. The van der Waals surface area contributed by atoms with E-state index in [2.05, 4.69) is 50.8 Å². The van der Waals surface area contributed by atoms with E-state index < -0.39 is 0 Å². The number of benzene rings is 1. The fraction of sp³-hybridized carbons (Fsp3) is 0.176. The van der Waals surface area contributed by atoms with E-state index in [0.717, 1.165) is 6.42 Å². The van der Waals surface area contributed by atoms with Crippen LogP contribution in [0.3, 0.4) is 0 Å². The Kier molecular flexibility index (Phi) is 4.16. The number of aryl methyl sites for hydroxylation is 1. The quantitative estimate of drug-likeness (QED) is 0.622. The molecular formula is C17H18S. The molecule has 0 unspecified atom stereocenters. The lowest BCUT2D eigenvalue weighted by molar-refractivity contribution is 1.16. The van der Waals surface area contributed by atoms with Gasteiger partial charge in [0.05, 0.1) is 0 Å². The smallest absolute Gasteiger partial charge is 0.0352 e. The van der Waals surface area contributed by atoms with Crippen LogP contribution in [0.15, 0.2) is 55.1 Å². The van der Waals surface area contributed by atoms with Crippen LogP contribution in [-0.4, -0.2) is 0 Å². The lowest BCUT2D eigenvalue weighted by Crippen LogP contribution is -1.83. The highest BCUT2D eigenvalue weighted by Crippen LogP contribution is 2.35. The first-order valence-corrected chi connectivity index (χ1v) is 7.06. The fourth-order valence-electron chi connectivity index (χ4n) is 2.12. The zero-order valence-electron chi connectivity index (χ0n) is 10.9. The van der Waals surface area contributed by atoms with Crippen molar-refractivity contribution in [2.75, 3.05) is 0 Å². The average Bonchev–Trinajstić information content (AvgIpc) is 2.77. The van der Waals surface area contributed by atoms with Crippen molar-refractivity contribution < 1.29 is 0 Å². The second-order valence-electron chi connectivity index (χ2n) is 4.23. The zero-order valence-corrected chi connectivity index (χ0v) is 11.8. The van der Waals surface area contributed by atoms with E-state index in [9.17, 15) is 0 Å². The van der Waals surface area contributed by atoms with E-state index in [1.54, 1.807) is 6.08 Å². The highest BCUT2D eigenvalue weighted by atomic mass is 32.1. The van der Waals surface area contributed by atoms with Gasteiger partial charge in [-0.2, -0.15) is 0 Å². The molecule has 0 aliphatic carbocycles. The monoisotopic (exact) mass is 254 g/mol. The number of thiophene rings is 1. The van der Waals surface area contributed by atoms with Gasteiger partial charge in [-0.25, -0.2) is 0 Å². The summed E-state index contributed by atoms with van der Waals surface area (Å²) in [5, 5.41) is 1.40. The fourth-order valence-corrected chi connectivity index (χ4v) is 3.40. The molecule has 2 rings (SSSR count). The molecule has 2 aromatic rings. The molecule has 1 heterocycles. The van der Waals surface area contributed by atoms with Crippen molar-refractivity contribution in [3.63, 3.8) is 0 Å². The summed E-state index contributed by atoms with van der Waals surface area (Å²) in [6, 6.07) is 8.66. The van der Waals surface area contributed by atoms with Gasteiger partial charge in [0, 0.05) is 9.58 Å². The zero-order chi connectivity index (χ0) is 13.0. The molecule has 0 saturated carbocycles. The van der Waals surface area contributed by atoms with E-state index >= 15 is 0 Å². The Hall–Kier alpha value is -1.60. The van der Waals surface area contributed by atoms with Crippen LogP contribution in [0.2, 0.25) is 0 Å². The third kappa shape index (κ3) is 2.46. The Morgan fingerprint density at radius 2 is 2.06 bits per heavy atom. The summed E-state index contributed by atoms with van der Waals surface area (Å²) in [5.74, 6) is 0. The molecule has 0 bridgehead atoms. The van der Waals surface area contributed by atoms with Crippen LogP contribution < -0.4 is 0 Å². The van der Waals surface area contributed by atoms with Crippen LogP contribution in [0.25, 0.3) is 15.7 Å². The maximum absolute atomic E-state index is 3.69. The standard InChI is InChI=1S/C17H18S/c1-4-6-7-10-13(3)17-14(5-2)15-11-8-9-12-16(15)18-17/h4,6-12H,1,5H2,2-3H3/b7-6-,13-10+. The summed E-state index contributed by atoms with van der Waals surface area (Å²) in [5.41, 5.74) is 2.79. The first kappa shape index (κ1) is 12.8. The van der Waals surface area contributed by atoms with Crippen molar-refractivity contribution in [2.45, 2.75) is 20.3 Å². The van der Waals surface area contributed by atoms with Crippen LogP contribution >= 0.6 is 11.3 Å². The van der Waals surface area contributed by atoms with E-state index in [0.29, 0.717) is 0 Å². The Balaban J connectivity index is 2.53. The van der Waals surface area contributed by atoms with Gasteiger partial charge in [-0.15, -0.1) is 11.3 Å². The summed E-state index contributed by atoms with van der Waals surface area (Å²) in [6.45, 7) is 8.09. The normalized spacial score (nSPS) is 12.4. The SMILES string of the molecule is C=C/C=C\C=C(/C)c1sc2ccccc2c1CC. The van der Waals surface area contributed by atoms with Gasteiger partial charge in [-0.05, 0) is 35.9 Å². The van der Waals surface area contributed by atoms with Crippen molar-refractivity contribution in [2.24, 2.45) is 0 Å². The van der Waals surface area contributed by atoms with Crippen molar-refractivity contribution in [3.05, 3.63) is 65.6 Å². The van der Waals surface area contributed by atoms with E-state index in [1.165, 1.54) is 26.1 Å². The van der Waals surface area contributed by atoms with Crippen LogP contribution in [0.4, 0.5) is 0 Å². The minimum absolute atomic E-state index is 1.08. The van der Waals surface area contributed by atoms with Gasteiger partial charge >= 0.3 is 0 Å². The van der Waals surface area contributed by atoms with Gasteiger partial charge in [0.15, 0.2) is 0 Å². The Labute approximate surface area is 113 Å². The summed E-state index contributed by atoms with van der Waals surface area (Å²) < 4.78 is 1.38. The summed E-state index contributed by atoms with van der Waals surface area (Å²) >= 11 is 1.89. The van der Waals surface area contributed by atoms with Crippen molar-refractivity contribution in [1.29, 1.82) is 0 Å². The third-order valence-corrected chi connectivity index (χ3v) is 4.35. The second kappa shape index (κ2) is 5.83. The molecule has 0 spiro atoms. The maximum atomic E-state index is 3.69. The molecule has 0 saturated heterocycles. The van der Waals surface area contributed by atoms with E-state index in [4.69, 9.17) is 0 Å². The van der Waals surface area contributed by atoms with E-state index in [-0.39, 0.29) is 0 Å². The minimum Gasteiger partial charge on any atom is -0.135 e. The molecule has 0 nitrogen and oxygen atoms in total. The van der Waals surface area contributed by atoms with Gasteiger partial charge in [0.1, 0.15) is 0 Å². The van der Waals surface area contributed by atoms with Gasteiger partial charge in [0.2, 0.25) is 0 Å². The lowest BCUT2D eigenvalue weighted by Gasteiger charge is -2.01. The molecule has 18 heavy (non-hydrogen) atoms. The van der Waals surface area contributed by atoms with Gasteiger partial charge in [-0.1, -0.05) is 56.0 Å². The number of allylic oxidation sites excluding steroid dienone is 5. The second-order valence-corrected chi connectivity index (χ2v) is 5.28. The van der Waals surface area contributed by atoms with Crippen molar-refractivity contribution >= 4 is 27.0 Å². The van der Waals surface area contributed by atoms with Crippen molar-refractivity contribution in [1.82, 2.24) is 0 Å². The Bertz CT molecular complexity index is 612. The predicted molar refractivity (Wildman–Crippen MR) is 84.2 cm³/mol. The topological polar surface area (TPSA) is 0 Å². The highest BCUT2D eigenvalue weighted by molar-refractivity contribution is 7.20. The highest BCUT2D eigenvalue weighted by Gasteiger charge is 2.10. The molecule has 0 atom stereocenters. The molecule has 0 aliphatic heterocycles. The minimum atomic E-state index is 1.08. The van der Waals surface area contributed by atoms with E-state index in [1.807, 2.05) is 23.5 Å². The third-order valence-electron chi connectivity index (χ3n) is 3.00. The Morgan fingerprint density at radius 1 is 1.28 bits per heavy atom. The molecule has 1 aromatic heterocycles. The number of rotatable bonds is 4. The largest absolute Gasteiger partial charge is 0.135 e. The first-order valence-electron chi connectivity index (χ1n) is 6.24. The van der Waals surface area contributed by atoms with Crippen LogP contribution in [-0.2, 0) is 6.42 Å². The molecule has 0 fully saturated rings. The van der Waals surface area contributed by atoms with Crippen LogP contribution in [0.5, 0.6) is 0 Å². The molecule has 0 N–H and O–H groups in total. The van der Waals surface area contributed by atoms with Crippen LogP contribution in [0, 0.1) is 0 Å². The molecule has 0 radical (unpaired) electrons. The first-order chi connectivity index (χ1) is 8.77. The van der Waals surface area contributed by atoms with Crippen molar-refractivity contribution in [3.8, 4) is 0 Å². The van der Waals surface area contributed by atoms with Gasteiger partial charge in [0.25, 0.3) is 0 Å². The summed E-state index contributed by atoms with van der Waals surface area (Å²) in [6.07, 6.45) is 9.05. The molecule has 1 aromatic carbocycles. The number of fused-ring (bicyclic) bond motifs is 1. The number of hydrogen-bond acceptors (Lipinski definition) is 1. The summed E-state index contributed by atoms with van der Waals surface area (Å²) in [7, 11) is 0. The summed E-state index contributed by atoms with van der Waals surface area (Å²) in [4.78, 5) is 1.41. The predicted octanol–water partition coefficient (Wildman–Crippen LogP) is 5.61.